The van der Waals surface area contributed by atoms with Gasteiger partial charge in [0.1, 0.15) is 5.15 Å². The second-order valence-corrected chi connectivity index (χ2v) is 4.86. The van der Waals surface area contributed by atoms with Crippen molar-refractivity contribution < 1.29 is 0 Å². The highest BCUT2D eigenvalue weighted by Gasteiger charge is 2.12. The van der Waals surface area contributed by atoms with Gasteiger partial charge < -0.3 is 0 Å². The molecule has 1 aromatic carbocycles. The van der Waals surface area contributed by atoms with E-state index in [0.29, 0.717) is 11.0 Å². The Morgan fingerprint density at radius 1 is 1.25 bits per heavy atom. The number of aryl methyl sites for hydroxylation is 1. The smallest absolute Gasteiger partial charge is 0.147 e. The standard InChI is InChI=1S/C12H11Cl2NS/c1-2-8-3-5-9(6-4-8)11-10(7-13)12(14)15-16-11/h3-6H,2,7H2,1H3. The van der Waals surface area contributed by atoms with E-state index >= 15 is 0 Å². The van der Waals surface area contributed by atoms with Crippen LogP contribution in [0.3, 0.4) is 0 Å². The van der Waals surface area contributed by atoms with Crippen molar-refractivity contribution in [2.75, 3.05) is 0 Å². The van der Waals surface area contributed by atoms with Crippen molar-refractivity contribution in [1.82, 2.24) is 4.37 Å². The van der Waals surface area contributed by atoms with Crippen molar-refractivity contribution in [3.63, 3.8) is 0 Å². The molecule has 0 aliphatic heterocycles. The minimum Gasteiger partial charge on any atom is -0.180 e. The van der Waals surface area contributed by atoms with Crippen molar-refractivity contribution in [3.8, 4) is 10.4 Å². The molecule has 0 bridgehead atoms. The maximum atomic E-state index is 5.97. The summed E-state index contributed by atoms with van der Waals surface area (Å²) >= 11 is 13.2. The molecular formula is C12H11Cl2NS. The van der Waals surface area contributed by atoms with E-state index < -0.39 is 0 Å². The second-order valence-electron chi connectivity index (χ2n) is 3.47. The molecule has 0 unspecified atom stereocenters. The first-order chi connectivity index (χ1) is 7.76. The molecule has 1 heterocycles. The van der Waals surface area contributed by atoms with E-state index in [1.54, 1.807) is 0 Å². The second kappa shape index (κ2) is 5.17. The monoisotopic (exact) mass is 271 g/mol. The van der Waals surface area contributed by atoms with Crippen LogP contribution in [0.15, 0.2) is 24.3 Å². The Kier molecular flexibility index (Phi) is 3.85. The molecule has 4 heteroatoms. The fraction of sp³-hybridized carbons (Fsp3) is 0.250. The van der Waals surface area contributed by atoms with Gasteiger partial charge in [-0.05, 0) is 29.1 Å². The van der Waals surface area contributed by atoms with Crippen molar-refractivity contribution in [2.24, 2.45) is 0 Å². The molecule has 0 radical (unpaired) electrons. The van der Waals surface area contributed by atoms with E-state index in [0.717, 1.165) is 22.4 Å². The Morgan fingerprint density at radius 2 is 1.94 bits per heavy atom. The van der Waals surface area contributed by atoms with Crippen molar-refractivity contribution >= 4 is 34.7 Å². The number of hydrogen-bond donors (Lipinski definition) is 0. The van der Waals surface area contributed by atoms with Crippen LogP contribution in [0.5, 0.6) is 0 Å². The number of hydrogen-bond acceptors (Lipinski definition) is 2. The molecule has 0 spiro atoms. The zero-order valence-electron chi connectivity index (χ0n) is 8.84. The lowest BCUT2D eigenvalue weighted by Crippen LogP contribution is -1.83. The van der Waals surface area contributed by atoms with E-state index in [1.807, 2.05) is 0 Å². The molecule has 2 aromatic rings. The zero-order chi connectivity index (χ0) is 11.5. The summed E-state index contributed by atoms with van der Waals surface area (Å²) in [4.78, 5) is 1.07. The van der Waals surface area contributed by atoms with Crippen molar-refractivity contribution in [2.45, 2.75) is 19.2 Å². The minimum atomic E-state index is 0.403. The summed E-state index contributed by atoms with van der Waals surface area (Å²) in [6.45, 7) is 2.14. The Labute approximate surface area is 109 Å². The van der Waals surface area contributed by atoms with Gasteiger partial charge in [0.2, 0.25) is 0 Å². The van der Waals surface area contributed by atoms with E-state index in [9.17, 15) is 0 Å². The molecule has 84 valence electrons. The van der Waals surface area contributed by atoms with Crippen LogP contribution >= 0.6 is 34.7 Å². The molecule has 0 fully saturated rings. The van der Waals surface area contributed by atoms with Crippen LogP contribution in [-0.2, 0) is 12.3 Å². The highest BCUT2D eigenvalue weighted by Crippen LogP contribution is 2.34. The predicted molar refractivity (Wildman–Crippen MR) is 71.5 cm³/mol. The van der Waals surface area contributed by atoms with Crippen LogP contribution in [0.25, 0.3) is 10.4 Å². The topological polar surface area (TPSA) is 12.9 Å². The summed E-state index contributed by atoms with van der Waals surface area (Å²) in [5.74, 6) is 0.403. The first-order valence-electron chi connectivity index (χ1n) is 5.05. The highest BCUT2D eigenvalue weighted by atomic mass is 35.5. The fourth-order valence-electron chi connectivity index (χ4n) is 1.52. The minimum absolute atomic E-state index is 0.403. The van der Waals surface area contributed by atoms with Crippen LogP contribution < -0.4 is 0 Å². The van der Waals surface area contributed by atoms with E-state index in [-0.39, 0.29) is 0 Å². The summed E-state index contributed by atoms with van der Waals surface area (Å²) in [6.07, 6.45) is 1.05. The van der Waals surface area contributed by atoms with E-state index in [1.165, 1.54) is 17.1 Å². The molecule has 1 aromatic heterocycles. The molecule has 0 aliphatic carbocycles. The molecule has 1 nitrogen and oxygen atoms in total. The number of halogens is 2. The molecule has 16 heavy (non-hydrogen) atoms. The Bertz CT molecular complexity index is 476. The SMILES string of the molecule is CCc1ccc(-c2snc(Cl)c2CCl)cc1. The quantitative estimate of drug-likeness (QED) is 0.734. The predicted octanol–water partition coefficient (Wildman–Crippen LogP) is 4.76. The van der Waals surface area contributed by atoms with Crippen LogP contribution in [0.1, 0.15) is 18.1 Å². The van der Waals surface area contributed by atoms with Crippen LogP contribution in [0.2, 0.25) is 5.15 Å². The molecule has 0 amide bonds. The van der Waals surface area contributed by atoms with Gasteiger partial charge in [-0.25, -0.2) is 0 Å². The van der Waals surface area contributed by atoms with Crippen molar-refractivity contribution in [3.05, 3.63) is 40.5 Å². The summed E-state index contributed by atoms with van der Waals surface area (Å²) in [7, 11) is 0. The van der Waals surface area contributed by atoms with Gasteiger partial charge in [0, 0.05) is 5.56 Å². The first kappa shape index (κ1) is 11.9. The Balaban J connectivity index is 2.42. The molecule has 0 saturated carbocycles. The summed E-state index contributed by atoms with van der Waals surface area (Å²) < 4.78 is 4.13. The lowest BCUT2D eigenvalue weighted by atomic mass is 10.1. The molecule has 2 rings (SSSR count). The van der Waals surface area contributed by atoms with Gasteiger partial charge in [-0.2, -0.15) is 4.37 Å². The fourth-order valence-corrected chi connectivity index (χ4v) is 3.06. The lowest BCUT2D eigenvalue weighted by Gasteiger charge is -2.02. The van der Waals surface area contributed by atoms with Gasteiger partial charge in [-0.15, -0.1) is 11.6 Å². The van der Waals surface area contributed by atoms with Crippen molar-refractivity contribution in [1.29, 1.82) is 0 Å². The average Bonchev–Trinajstić information content (AvgIpc) is 2.70. The van der Waals surface area contributed by atoms with Crippen LogP contribution in [0.4, 0.5) is 0 Å². The van der Waals surface area contributed by atoms with Gasteiger partial charge in [-0.1, -0.05) is 42.8 Å². The molecule has 0 N–H and O–H groups in total. The number of aromatic nitrogens is 1. The number of benzene rings is 1. The third-order valence-electron chi connectivity index (χ3n) is 2.50. The maximum absolute atomic E-state index is 5.97. The molecule has 0 aliphatic rings. The lowest BCUT2D eigenvalue weighted by molar-refractivity contribution is 1.14. The Hall–Kier alpha value is -0.570. The van der Waals surface area contributed by atoms with E-state index in [4.69, 9.17) is 23.2 Å². The Morgan fingerprint density at radius 3 is 2.50 bits per heavy atom. The third-order valence-corrected chi connectivity index (χ3v) is 4.12. The zero-order valence-corrected chi connectivity index (χ0v) is 11.2. The largest absolute Gasteiger partial charge is 0.180 e. The van der Waals surface area contributed by atoms with Gasteiger partial charge in [-0.3, -0.25) is 0 Å². The van der Waals surface area contributed by atoms with Gasteiger partial charge in [0.25, 0.3) is 0 Å². The average molecular weight is 272 g/mol. The van der Waals surface area contributed by atoms with Crippen LogP contribution in [0, 0.1) is 0 Å². The molecule has 0 saturated heterocycles. The van der Waals surface area contributed by atoms with Gasteiger partial charge in [0.15, 0.2) is 0 Å². The molecular weight excluding hydrogens is 261 g/mol. The molecule has 0 atom stereocenters. The normalized spacial score (nSPS) is 10.7. The number of alkyl halides is 1. The highest BCUT2D eigenvalue weighted by molar-refractivity contribution is 7.10. The van der Waals surface area contributed by atoms with Gasteiger partial charge in [0.05, 0.1) is 10.8 Å². The summed E-state index contributed by atoms with van der Waals surface area (Å²) in [6, 6.07) is 8.44. The first-order valence-corrected chi connectivity index (χ1v) is 6.74. The van der Waals surface area contributed by atoms with E-state index in [2.05, 4.69) is 35.6 Å². The maximum Gasteiger partial charge on any atom is 0.147 e. The van der Waals surface area contributed by atoms with Gasteiger partial charge >= 0.3 is 0 Å². The summed E-state index contributed by atoms with van der Waals surface area (Å²) in [5, 5.41) is 0.523. The number of rotatable bonds is 3. The third kappa shape index (κ3) is 2.24. The van der Waals surface area contributed by atoms with Crippen LogP contribution in [-0.4, -0.2) is 4.37 Å². The number of nitrogens with zero attached hydrogens (tertiary/aromatic N) is 1. The summed E-state index contributed by atoms with van der Waals surface area (Å²) in [5.41, 5.74) is 3.39.